The van der Waals surface area contributed by atoms with E-state index in [1.807, 2.05) is 0 Å². The van der Waals surface area contributed by atoms with E-state index in [-0.39, 0.29) is 0 Å². The van der Waals surface area contributed by atoms with Crippen LogP contribution in [0.1, 0.15) is 20.8 Å². The zero-order chi connectivity index (χ0) is 16.9. The number of aliphatic hydroxyl groups is 1. The second kappa shape index (κ2) is 8.06. The van der Waals surface area contributed by atoms with Gasteiger partial charge >= 0.3 is 17.9 Å². The molecular formula is C13H21NO8. The predicted molar refractivity (Wildman–Crippen MR) is 71.5 cm³/mol. The molecule has 126 valence electrons. The zero-order valence-electron chi connectivity index (χ0n) is 12.9. The SMILES string of the molecule is CN[C@@H]1O[C@H](CO)[C@@H](OC(C)=O)[C@H](OC(C)=O)[C@H]1OC(C)=O. The fraction of sp³-hybridized carbons (Fsp3) is 0.769. The molecule has 0 saturated carbocycles. The van der Waals surface area contributed by atoms with Gasteiger partial charge in [-0.3, -0.25) is 19.7 Å². The maximum atomic E-state index is 11.3. The van der Waals surface area contributed by atoms with Crippen molar-refractivity contribution in [3.05, 3.63) is 0 Å². The normalized spacial score (nSPS) is 31.2. The first-order valence-corrected chi connectivity index (χ1v) is 6.75. The van der Waals surface area contributed by atoms with E-state index in [1.165, 1.54) is 20.8 Å². The first kappa shape index (κ1) is 18.3. The maximum Gasteiger partial charge on any atom is 0.303 e. The van der Waals surface area contributed by atoms with Crippen molar-refractivity contribution in [2.75, 3.05) is 13.7 Å². The number of carbonyl (C=O) groups excluding carboxylic acids is 3. The lowest BCUT2D eigenvalue weighted by atomic mass is 9.97. The Balaban J connectivity index is 3.14. The van der Waals surface area contributed by atoms with Crippen LogP contribution in [0.3, 0.4) is 0 Å². The molecule has 0 aromatic heterocycles. The number of carbonyl (C=O) groups is 3. The molecule has 0 aromatic carbocycles. The first-order chi connectivity index (χ1) is 10.3. The van der Waals surface area contributed by atoms with Crippen LogP contribution in [0.4, 0.5) is 0 Å². The van der Waals surface area contributed by atoms with Gasteiger partial charge in [0.1, 0.15) is 12.3 Å². The first-order valence-electron chi connectivity index (χ1n) is 6.75. The summed E-state index contributed by atoms with van der Waals surface area (Å²) in [6, 6.07) is 0. The fourth-order valence-corrected chi connectivity index (χ4v) is 2.27. The van der Waals surface area contributed by atoms with E-state index in [0.717, 1.165) is 0 Å². The second-order valence-electron chi connectivity index (χ2n) is 4.79. The van der Waals surface area contributed by atoms with E-state index in [1.54, 1.807) is 7.05 Å². The largest absolute Gasteiger partial charge is 0.456 e. The summed E-state index contributed by atoms with van der Waals surface area (Å²) in [6.45, 7) is 3.06. The van der Waals surface area contributed by atoms with Gasteiger partial charge in [-0.15, -0.1) is 0 Å². The van der Waals surface area contributed by atoms with Crippen molar-refractivity contribution in [2.24, 2.45) is 0 Å². The number of ether oxygens (including phenoxy) is 4. The van der Waals surface area contributed by atoms with Crippen LogP contribution in [0.5, 0.6) is 0 Å². The number of esters is 3. The highest BCUT2D eigenvalue weighted by Crippen LogP contribution is 2.27. The Kier molecular flexibility index (Phi) is 6.72. The van der Waals surface area contributed by atoms with E-state index in [4.69, 9.17) is 18.9 Å². The Hall–Kier alpha value is -1.71. The standard InChI is InChI=1S/C13H21NO8/c1-6(16)19-10-9(5-15)22-13(14-4)12(21-8(3)18)11(10)20-7(2)17/h9-15H,5H2,1-4H3/t9-,10-,11+,12-,13-/m1/s1. The molecule has 1 saturated heterocycles. The Morgan fingerprint density at radius 2 is 1.41 bits per heavy atom. The van der Waals surface area contributed by atoms with Crippen molar-refractivity contribution in [3.8, 4) is 0 Å². The number of hydrogen-bond acceptors (Lipinski definition) is 9. The summed E-state index contributed by atoms with van der Waals surface area (Å²) < 4.78 is 20.9. The van der Waals surface area contributed by atoms with Gasteiger partial charge in [-0.2, -0.15) is 0 Å². The molecule has 0 spiro atoms. The second-order valence-corrected chi connectivity index (χ2v) is 4.79. The highest BCUT2D eigenvalue weighted by molar-refractivity contribution is 5.68. The molecule has 0 aromatic rings. The number of rotatable bonds is 5. The molecule has 2 N–H and O–H groups in total. The Labute approximate surface area is 127 Å². The summed E-state index contributed by atoms with van der Waals surface area (Å²) in [7, 11) is 1.55. The topological polar surface area (TPSA) is 120 Å². The minimum atomic E-state index is -1.10. The van der Waals surface area contributed by atoms with Crippen molar-refractivity contribution in [3.63, 3.8) is 0 Å². The lowest BCUT2D eigenvalue weighted by molar-refractivity contribution is -0.255. The maximum absolute atomic E-state index is 11.3. The van der Waals surface area contributed by atoms with Gasteiger partial charge in [-0.05, 0) is 7.05 Å². The van der Waals surface area contributed by atoms with Gasteiger partial charge in [0.2, 0.25) is 0 Å². The Morgan fingerprint density at radius 3 is 1.82 bits per heavy atom. The van der Waals surface area contributed by atoms with Crippen LogP contribution < -0.4 is 5.32 Å². The molecule has 0 aliphatic carbocycles. The lowest BCUT2D eigenvalue weighted by Gasteiger charge is -2.44. The van der Waals surface area contributed by atoms with Crippen LogP contribution in [-0.4, -0.2) is 67.3 Å². The minimum absolute atomic E-state index is 0.472. The summed E-state index contributed by atoms with van der Waals surface area (Å²) >= 11 is 0. The molecule has 22 heavy (non-hydrogen) atoms. The highest BCUT2D eigenvalue weighted by atomic mass is 16.7. The molecule has 1 rings (SSSR count). The number of nitrogens with one attached hydrogen (secondary N) is 1. The van der Waals surface area contributed by atoms with Crippen molar-refractivity contribution in [1.29, 1.82) is 0 Å². The van der Waals surface area contributed by atoms with Gasteiger partial charge in [0, 0.05) is 20.8 Å². The lowest BCUT2D eigenvalue weighted by Crippen LogP contribution is -2.65. The van der Waals surface area contributed by atoms with E-state index in [2.05, 4.69) is 5.32 Å². The summed E-state index contributed by atoms with van der Waals surface area (Å²) in [6.07, 6.45) is -5.00. The van der Waals surface area contributed by atoms with Crippen molar-refractivity contribution in [2.45, 2.75) is 51.4 Å². The molecule has 1 heterocycles. The molecule has 0 amide bonds. The van der Waals surface area contributed by atoms with Crippen molar-refractivity contribution < 1.29 is 38.4 Å². The Morgan fingerprint density at radius 1 is 0.955 bits per heavy atom. The van der Waals surface area contributed by atoms with Crippen LogP contribution >= 0.6 is 0 Å². The van der Waals surface area contributed by atoms with E-state index >= 15 is 0 Å². The molecular weight excluding hydrogens is 298 g/mol. The molecule has 9 heteroatoms. The third-order valence-electron chi connectivity index (χ3n) is 3.00. The van der Waals surface area contributed by atoms with E-state index < -0.39 is 55.2 Å². The van der Waals surface area contributed by atoms with Crippen LogP contribution in [0.15, 0.2) is 0 Å². The van der Waals surface area contributed by atoms with E-state index in [9.17, 15) is 19.5 Å². The zero-order valence-corrected chi connectivity index (χ0v) is 12.9. The third-order valence-corrected chi connectivity index (χ3v) is 3.00. The third kappa shape index (κ3) is 4.65. The minimum Gasteiger partial charge on any atom is -0.456 e. The molecule has 0 radical (unpaired) electrons. The number of likely N-dealkylation sites (N-methyl/N-ethyl adjacent to an activating group) is 1. The molecule has 5 atom stereocenters. The number of aliphatic hydroxyl groups excluding tert-OH is 1. The van der Waals surface area contributed by atoms with Crippen molar-refractivity contribution in [1.82, 2.24) is 5.32 Å². The van der Waals surface area contributed by atoms with Gasteiger partial charge in [-0.1, -0.05) is 0 Å². The van der Waals surface area contributed by atoms with Crippen LogP contribution in [0.25, 0.3) is 0 Å². The van der Waals surface area contributed by atoms with Gasteiger partial charge in [0.05, 0.1) is 6.61 Å². The van der Waals surface area contributed by atoms with Gasteiger partial charge < -0.3 is 24.1 Å². The molecule has 1 aliphatic rings. The monoisotopic (exact) mass is 319 g/mol. The smallest absolute Gasteiger partial charge is 0.303 e. The summed E-state index contributed by atoms with van der Waals surface area (Å²) in [5, 5.41) is 12.2. The van der Waals surface area contributed by atoms with Gasteiger partial charge in [-0.25, -0.2) is 0 Å². The molecule has 1 aliphatic heterocycles. The number of hydrogen-bond donors (Lipinski definition) is 2. The summed E-state index contributed by atoms with van der Waals surface area (Å²) in [5.41, 5.74) is 0. The van der Waals surface area contributed by atoms with Crippen LogP contribution in [-0.2, 0) is 33.3 Å². The van der Waals surface area contributed by atoms with Crippen molar-refractivity contribution >= 4 is 17.9 Å². The molecule has 0 bridgehead atoms. The quantitative estimate of drug-likeness (QED) is 0.471. The summed E-state index contributed by atoms with van der Waals surface area (Å²) in [4.78, 5) is 33.9. The van der Waals surface area contributed by atoms with Crippen LogP contribution in [0.2, 0.25) is 0 Å². The van der Waals surface area contributed by atoms with Gasteiger partial charge in [0.25, 0.3) is 0 Å². The summed E-state index contributed by atoms with van der Waals surface area (Å²) in [5.74, 6) is -1.91. The Bertz CT molecular complexity index is 396. The molecule has 1 fully saturated rings. The average Bonchev–Trinajstić information content (AvgIpc) is 2.41. The average molecular weight is 319 g/mol. The molecule has 9 nitrogen and oxygen atoms in total. The predicted octanol–water partition coefficient (Wildman–Crippen LogP) is -1.28. The van der Waals surface area contributed by atoms with Crippen LogP contribution in [0, 0.1) is 0 Å². The molecule has 0 unspecified atom stereocenters. The van der Waals surface area contributed by atoms with Gasteiger partial charge in [0.15, 0.2) is 18.3 Å². The highest BCUT2D eigenvalue weighted by Gasteiger charge is 2.51. The van der Waals surface area contributed by atoms with E-state index in [0.29, 0.717) is 0 Å². The fourth-order valence-electron chi connectivity index (χ4n) is 2.27.